The van der Waals surface area contributed by atoms with E-state index < -0.39 is 180 Å². The summed E-state index contributed by atoms with van der Waals surface area (Å²) in [7, 11) is -11.1. The van der Waals surface area contributed by atoms with Gasteiger partial charge in [-0.1, -0.05) is 0 Å². The second kappa shape index (κ2) is 20.2. The zero-order valence-electron chi connectivity index (χ0n) is 31.1. The van der Waals surface area contributed by atoms with Crippen LogP contribution in [0.15, 0.2) is 0 Å². The molecule has 4 fully saturated rings. The van der Waals surface area contributed by atoms with Crippen molar-refractivity contribution in [2.45, 2.75) is 137 Å². The molecule has 4 heterocycles. The SMILES string of the molecule is CC(=O)NC1[C@H](O[C@@H]2C(C(=O)O)OC(O[C@@H]3[C@H](NC(C)=O)C(O)OC(CO)[C@@H]3OS(=O)(=O)O)[C@@H](O)[C@H]2O)OC(CO)[C@H](OS(=O)(=O)O)[C@@H]1OC1OC(C(=O)O)[C@@H](O)[C@H](O)[C@@H]1O. The molecule has 20 atom stereocenters. The number of aliphatic hydroxyl groups is 8. The zero-order valence-corrected chi connectivity index (χ0v) is 32.7. The number of carbonyl (C=O) groups is 4. The number of nitrogens with one attached hydrogen (secondary N) is 2. The van der Waals surface area contributed by atoms with Crippen LogP contribution in [0.5, 0.6) is 0 Å². The first kappa shape index (κ1) is 50.7. The molecule has 4 aliphatic rings. The smallest absolute Gasteiger partial charge is 0.397 e. The third-order valence-corrected chi connectivity index (χ3v) is 10.3. The van der Waals surface area contributed by atoms with Gasteiger partial charge >= 0.3 is 32.7 Å². The second-order valence-corrected chi connectivity index (χ2v) is 15.8. The highest BCUT2D eigenvalue weighted by atomic mass is 32.3. The molecule has 0 saturated carbocycles. The van der Waals surface area contributed by atoms with Crippen molar-refractivity contribution >= 4 is 44.6 Å². The minimum Gasteiger partial charge on any atom is -0.479 e. The molecule has 0 aromatic rings. The Bertz CT molecular complexity index is 1790. The van der Waals surface area contributed by atoms with Gasteiger partial charge in [-0.2, -0.15) is 16.8 Å². The highest BCUT2D eigenvalue weighted by Gasteiger charge is 2.59. The molecule has 8 unspecified atom stereocenters. The molecule has 0 aromatic carbocycles. The molecular formula is C28H44N2O29S2. The van der Waals surface area contributed by atoms with E-state index in [1.54, 1.807) is 0 Å². The molecule has 61 heavy (non-hydrogen) atoms. The van der Waals surface area contributed by atoms with E-state index in [2.05, 4.69) is 19.0 Å². The number of ether oxygens (including phenoxy) is 7. The summed E-state index contributed by atoms with van der Waals surface area (Å²) in [6.45, 7) is -0.754. The monoisotopic (exact) mass is 936 g/mol. The number of amides is 2. The lowest BCUT2D eigenvalue weighted by molar-refractivity contribution is -0.367. The number of hydrogen-bond donors (Lipinski definition) is 14. The summed E-state index contributed by atoms with van der Waals surface area (Å²) < 4.78 is 113. The molecule has 4 aliphatic heterocycles. The van der Waals surface area contributed by atoms with E-state index >= 15 is 0 Å². The summed E-state index contributed by atoms with van der Waals surface area (Å²) in [4.78, 5) is 48.9. The topological polar surface area (TPSA) is 486 Å². The third-order valence-electron chi connectivity index (χ3n) is 9.35. The highest BCUT2D eigenvalue weighted by molar-refractivity contribution is 7.81. The number of carboxylic acid groups (broad SMARTS) is 2. The van der Waals surface area contributed by atoms with Gasteiger partial charge in [-0.25, -0.2) is 18.0 Å². The Labute approximate surface area is 342 Å². The van der Waals surface area contributed by atoms with Crippen molar-refractivity contribution in [1.82, 2.24) is 10.6 Å². The minimum atomic E-state index is -5.60. The van der Waals surface area contributed by atoms with Crippen molar-refractivity contribution in [2.24, 2.45) is 0 Å². The minimum absolute atomic E-state index is 0.823. The molecule has 0 spiro atoms. The van der Waals surface area contributed by atoms with Crippen LogP contribution in [0.25, 0.3) is 0 Å². The first-order valence-corrected chi connectivity index (χ1v) is 20.1. The Kier molecular flexibility index (Phi) is 16.8. The predicted molar refractivity (Wildman–Crippen MR) is 179 cm³/mol. The molecular weight excluding hydrogens is 892 g/mol. The summed E-state index contributed by atoms with van der Waals surface area (Å²) in [6.07, 6.45) is -41.8. The third kappa shape index (κ3) is 12.2. The van der Waals surface area contributed by atoms with Crippen molar-refractivity contribution in [2.75, 3.05) is 13.2 Å². The van der Waals surface area contributed by atoms with Crippen LogP contribution in [0.4, 0.5) is 0 Å². The summed E-state index contributed by atoms with van der Waals surface area (Å²) in [5.74, 6) is -5.99. The predicted octanol–water partition coefficient (Wildman–Crippen LogP) is -9.62. The lowest BCUT2D eigenvalue weighted by Gasteiger charge is -2.50. The molecule has 2 amide bonds. The van der Waals surface area contributed by atoms with E-state index in [0.29, 0.717) is 0 Å². The molecule has 14 N–H and O–H groups in total. The fourth-order valence-electron chi connectivity index (χ4n) is 6.78. The summed E-state index contributed by atoms with van der Waals surface area (Å²) >= 11 is 0. The van der Waals surface area contributed by atoms with Crippen LogP contribution >= 0.6 is 0 Å². The normalized spacial score (nSPS) is 42.3. The Hall–Kier alpha value is -2.98. The standard InChI is InChI=1S/C28H44N2O29S2/c1-5(33)29-9-18(16(58-60(45,46)47)7(3-31)51-25(9)44)53-28-15(39)13(37)20(22(57-28)24(42)43)55-26-10(30-6(2)34)19(17(8(4-32)52-26)59-61(48,49)50)54-27-14(38)11(35)12(36)21(56-27)23(40)41/h7-22,25-28,31-32,35-39,44H,3-4H2,1-2H3,(H,29,33)(H,30,34)(H,40,41)(H,42,43)(H,45,46,47)(H,48,49,50)/t7?,8?,9-,10?,11-,12-,13+,14-,15-,16-,17-,18+,19+,20-,21?,22?,25?,26-,27?,28?/m0/s1. The summed E-state index contributed by atoms with van der Waals surface area (Å²) in [6, 6.07) is -4.04. The van der Waals surface area contributed by atoms with Gasteiger partial charge < -0.3 is 94.9 Å². The maximum atomic E-state index is 12.6. The van der Waals surface area contributed by atoms with Gasteiger partial charge in [0.05, 0.1) is 13.2 Å². The van der Waals surface area contributed by atoms with Crippen molar-refractivity contribution in [1.29, 1.82) is 0 Å². The number of carboxylic acids is 2. The lowest BCUT2D eigenvalue weighted by atomic mass is 9.94. The fraction of sp³-hybridized carbons (Fsp3) is 0.857. The average Bonchev–Trinajstić information content (AvgIpc) is 3.13. The van der Waals surface area contributed by atoms with E-state index in [1.165, 1.54) is 0 Å². The Balaban J connectivity index is 1.73. The van der Waals surface area contributed by atoms with Crippen LogP contribution in [0.1, 0.15) is 13.8 Å². The van der Waals surface area contributed by atoms with Crippen molar-refractivity contribution in [3.63, 3.8) is 0 Å². The van der Waals surface area contributed by atoms with Gasteiger partial charge in [-0.15, -0.1) is 0 Å². The number of aliphatic carboxylic acids is 2. The zero-order chi connectivity index (χ0) is 46.0. The fourth-order valence-corrected chi connectivity index (χ4v) is 7.80. The Morgan fingerprint density at radius 3 is 1.38 bits per heavy atom. The molecule has 4 saturated heterocycles. The highest BCUT2D eigenvalue weighted by Crippen LogP contribution is 2.36. The first-order chi connectivity index (χ1) is 28.2. The molecule has 4 rings (SSSR count). The maximum Gasteiger partial charge on any atom is 0.397 e. The number of carbonyl (C=O) groups excluding carboxylic acids is 2. The Morgan fingerprint density at radius 1 is 0.525 bits per heavy atom. The van der Waals surface area contributed by atoms with E-state index in [9.17, 15) is 96.2 Å². The quantitative estimate of drug-likeness (QED) is 0.0639. The molecule has 0 bridgehead atoms. The van der Waals surface area contributed by atoms with E-state index in [4.69, 9.17) is 33.2 Å². The van der Waals surface area contributed by atoms with Crippen molar-refractivity contribution in [3.8, 4) is 0 Å². The van der Waals surface area contributed by atoms with Gasteiger partial charge in [0.15, 0.2) is 37.4 Å². The van der Waals surface area contributed by atoms with Crippen molar-refractivity contribution in [3.05, 3.63) is 0 Å². The molecule has 31 nitrogen and oxygen atoms in total. The maximum absolute atomic E-state index is 12.6. The van der Waals surface area contributed by atoms with Gasteiger partial charge in [0, 0.05) is 13.8 Å². The van der Waals surface area contributed by atoms with Crippen LogP contribution in [-0.4, -0.2) is 237 Å². The van der Waals surface area contributed by atoms with Gasteiger partial charge in [-0.3, -0.25) is 18.7 Å². The van der Waals surface area contributed by atoms with Gasteiger partial charge in [0.25, 0.3) is 0 Å². The van der Waals surface area contributed by atoms with Gasteiger partial charge in [-0.05, 0) is 0 Å². The largest absolute Gasteiger partial charge is 0.479 e. The number of aliphatic hydroxyl groups excluding tert-OH is 8. The van der Waals surface area contributed by atoms with E-state index in [-0.39, 0.29) is 0 Å². The first-order valence-electron chi connectivity index (χ1n) is 17.4. The summed E-state index contributed by atoms with van der Waals surface area (Å²) in [5, 5.41) is 108. The molecule has 33 heteroatoms. The molecule has 0 aromatic heterocycles. The van der Waals surface area contributed by atoms with Crippen LogP contribution in [0, 0.1) is 0 Å². The van der Waals surface area contributed by atoms with Gasteiger partial charge in [0.1, 0.15) is 85.3 Å². The van der Waals surface area contributed by atoms with Crippen molar-refractivity contribution < 1.29 is 138 Å². The number of rotatable bonds is 16. The van der Waals surface area contributed by atoms with Crippen LogP contribution in [0.3, 0.4) is 0 Å². The van der Waals surface area contributed by atoms with Gasteiger partial charge in [0.2, 0.25) is 11.8 Å². The second-order valence-electron chi connectivity index (χ2n) is 13.7. The van der Waals surface area contributed by atoms with Crippen LogP contribution in [-0.2, 0) is 81.5 Å². The van der Waals surface area contributed by atoms with Crippen LogP contribution in [0.2, 0.25) is 0 Å². The van der Waals surface area contributed by atoms with Crippen LogP contribution < -0.4 is 10.6 Å². The molecule has 0 aliphatic carbocycles. The van der Waals surface area contributed by atoms with E-state index in [0.717, 1.165) is 13.8 Å². The molecule has 352 valence electrons. The lowest BCUT2D eigenvalue weighted by Crippen LogP contribution is -2.71. The Morgan fingerprint density at radius 2 is 0.934 bits per heavy atom. The number of hydrogen-bond acceptors (Lipinski definition) is 25. The average molecular weight is 937 g/mol. The summed E-state index contributed by atoms with van der Waals surface area (Å²) in [5.41, 5.74) is 0. The molecule has 0 radical (unpaired) electrons. The van der Waals surface area contributed by atoms with E-state index in [1.807, 2.05) is 0 Å².